The van der Waals surface area contributed by atoms with Crippen LogP contribution >= 0.6 is 22.7 Å². The van der Waals surface area contributed by atoms with Gasteiger partial charge in [-0.1, -0.05) is 361 Å². The summed E-state index contributed by atoms with van der Waals surface area (Å²) >= 11 is 3.70. The van der Waals surface area contributed by atoms with Crippen LogP contribution in [0.15, 0.2) is 455 Å². The number of thiophene rings is 2. The fraction of sp³-hybridized carbons (Fsp3) is 0.0315. The Labute approximate surface area is 834 Å². The number of aromatic nitrogens is 15. The van der Waals surface area contributed by atoms with Crippen LogP contribution in [0.1, 0.15) is 32.4 Å². The van der Waals surface area contributed by atoms with Gasteiger partial charge in [0, 0.05) is 79.1 Å². The van der Waals surface area contributed by atoms with E-state index < -0.39 is 0 Å². The summed E-state index contributed by atoms with van der Waals surface area (Å²) in [5.74, 6) is 4.09. The average molecular weight is 1890 g/mol. The van der Waals surface area contributed by atoms with Gasteiger partial charge in [0.2, 0.25) is 35.2 Å². The summed E-state index contributed by atoms with van der Waals surface area (Å²) < 4.78 is 18.3. The second-order valence-corrected chi connectivity index (χ2v) is 39.0. The molecule has 0 aliphatic heterocycles. The molecule has 18 aromatic carbocycles. The summed E-state index contributed by atoms with van der Waals surface area (Å²) in [5, 5.41) is 5.18. The fourth-order valence-electron chi connectivity index (χ4n) is 21.4. The van der Waals surface area contributed by atoms with Crippen LogP contribution < -0.4 is 0 Å². The van der Waals surface area contributed by atoms with Crippen LogP contribution in [0, 0.1) is 0 Å². The molecule has 1 aliphatic rings. The highest BCUT2D eigenvalue weighted by atomic mass is 32.1. The van der Waals surface area contributed by atoms with Crippen molar-refractivity contribution in [3.63, 3.8) is 0 Å². The van der Waals surface area contributed by atoms with Crippen molar-refractivity contribution in [1.29, 1.82) is 0 Å². The second-order valence-electron chi connectivity index (χ2n) is 36.8. The van der Waals surface area contributed by atoms with E-state index in [9.17, 15) is 0 Å². The molecule has 11 heterocycles. The maximum atomic E-state index is 5.21. The zero-order valence-corrected chi connectivity index (χ0v) is 79.0. The van der Waals surface area contributed by atoms with Crippen LogP contribution in [0.3, 0.4) is 0 Å². The van der Waals surface area contributed by atoms with E-state index in [-0.39, 0.29) is 12.8 Å². The lowest BCUT2D eigenvalue weighted by Crippen LogP contribution is -2.16. The van der Waals surface area contributed by atoms with Gasteiger partial charge in [-0.2, -0.15) is 0 Å². The summed E-state index contributed by atoms with van der Waals surface area (Å²) in [5.41, 5.74) is 35.8. The van der Waals surface area contributed by atoms with Gasteiger partial charge in [-0.25, -0.2) is 58.6 Å². The van der Waals surface area contributed by atoms with Crippen molar-refractivity contribution in [2.24, 2.45) is 0 Å². The third kappa shape index (κ3) is 14.0. The molecular formula is C127H85N15S2. The number of fused-ring (bicyclic) bond motifs is 24. The van der Waals surface area contributed by atoms with E-state index in [0.29, 0.717) is 17.8 Å². The number of hydrogen-bond acceptors (Lipinski definition) is 11. The molecule has 144 heavy (non-hydrogen) atoms. The summed E-state index contributed by atoms with van der Waals surface area (Å²) in [6, 6.07) is 159. The molecule has 15 nitrogen and oxygen atoms in total. The highest BCUT2D eigenvalue weighted by Gasteiger charge is 2.38. The lowest BCUT2D eigenvalue weighted by Gasteiger charge is -2.24. The smallest absolute Gasteiger partial charge is 0.238 e. The molecule has 0 fully saturated rings. The van der Waals surface area contributed by atoms with E-state index in [1.807, 2.05) is 150 Å². The Balaban J connectivity index is 0.000000107. The molecule has 0 atom stereocenters. The molecule has 1 aliphatic carbocycles. The first-order valence-electron chi connectivity index (χ1n) is 48.0. The van der Waals surface area contributed by atoms with E-state index in [0.717, 1.165) is 162 Å². The summed E-state index contributed by atoms with van der Waals surface area (Å²) in [6.07, 6.45) is 0. The molecule has 11 aromatic heterocycles. The Bertz CT molecular complexity index is 9970. The van der Waals surface area contributed by atoms with E-state index in [1.54, 1.807) is 0 Å². The molecule has 0 amide bonds. The van der Waals surface area contributed by atoms with Crippen LogP contribution in [0.4, 0.5) is 0 Å². The van der Waals surface area contributed by atoms with E-state index >= 15 is 0 Å². The molecule has 30 rings (SSSR count). The second kappa shape index (κ2) is 34.2. The molecule has 0 N–H and O–H groups in total. The molecule has 0 unspecified atom stereocenters. The first-order chi connectivity index (χ1) is 70.6. The van der Waals surface area contributed by atoms with Crippen molar-refractivity contribution in [3.05, 3.63) is 466 Å². The predicted octanol–water partition coefficient (Wildman–Crippen LogP) is 32.3. The number of imidazole rings is 6. The van der Waals surface area contributed by atoms with Gasteiger partial charge in [0.15, 0.2) is 0 Å². The lowest BCUT2D eigenvalue weighted by atomic mass is 9.79. The van der Waals surface area contributed by atoms with Gasteiger partial charge in [-0.05, 0) is 171 Å². The van der Waals surface area contributed by atoms with Gasteiger partial charge in [-0.15, -0.1) is 22.7 Å². The van der Waals surface area contributed by atoms with Crippen molar-refractivity contribution >= 4 is 147 Å². The molecular weight excluding hydrogens is 1800 g/mol. The minimum atomic E-state index is -0.125. The maximum absolute atomic E-state index is 5.21. The Morgan fingerprint density at radius 2 is 0.507 bits per heavy atom. The van der Waals surface area contributed by atoms with Crippen molar-refractivity contribution in [3.8, 4) is 130 Å². The standard InChI is InChI=1S/C44H31N5.2C41H25N5S.CH4/c1-44(2)34-21-10-9-18-32(34)33-20-13-19-31(41(33)44)30-24-25-39-40(26-30)48-38-23-12-11-22-35(38)47-43(48)49(39)42-45-36(28-14-5-3-6-15-28)27-37(46-42)29-16-7-4-8-17-29;1-3-12-26(13-4-1)33-25-34(27-14-5-2-6-15-27)43-40(42-33)46-36-23-22-28(24-37(36)45-35-20-9-8-19-32(35)44-41(45)46)29-17-11-18-31-30-16-7-10-21-38(30)47-39(29)31;1-3-11-26(12-4-1)33-25-34(27-13-5-2-6-14-27)43-40(42-33)46-36-21-19-29(24-37(36)45-35-17-9-8-16-32(35)44-41(45)46)28-20-22-39-31(23-28)30-15-7-10-18-38(30)47-39;/h3-27H,1-2H3;2*1-25H;1H4. The van der Waals surface area contributed by atoms with Crippen LogP contribution in [0.25, 0.3) is 254 Å². The Hall–Kier alpha value is -18.6. The highest BCUT2D eigenvalue weighted by Crippen LogP contribution is 2.53. The first-order valence-corrected chi connectivity index (χ1v) is 49.6. The third-order valence-electron chi connectivity index (χ3n) is 28.1. The Morgan fingerprint density at radius 3 is 0.944 bits per heavy atom. The monoisotopic (exact) mass is 1880 g/mol. The van der Waals surface area contributed by atoms with Crippen LogP contribution in [0.5, 0.6) is 0 Å². The van der Waals surface area contributed by atoms with Crippen molar-refractivity contribution < 1.29 is 0 Å². The fourth-order valence-corrected chi connectivity index (χ4v) is 23.7. The normalized spacial score (nSPS) is 12.2. The SMILES string of the molecule is C.CC1(C)c2ccccc2-c2cccc(-c3ccc4c(c3)n3c5ccccc5nc3n4-c3nc(-c4ccccc4)cc(-c4ccccc4)n3)c21.c1ccc(-c2cc(-c3ccccc3)nc(-n3c4ccc(-c5ccc6sc7ccccc7c6c5)cc4n4c5ccccc5nc34)n2)cc1.c1ccc(-c2cc(-c3ccccc3)nc(-n3c4ccc(-c5cccc6c5sc5ccccc56)cc4n4c5ccccc5nc34)n2)cc1. The molecule has 0 spiro atoms. The minimum absolute atomic E-state index is 0. The summed E-state index contributed by atoms with van der Waals surface area (Å²) in [7, 11) is 0. The van der Waals surface area contributed by atoms with Gasteiger partial charge < -0.3 is 0 Å². The van der Waals surface area contributed by atoms with Crippen molar-refractivity contribution in [2.75, 3.05) is 0 Å². The number of benzene rings is 18. The van der Waals surface area contributed by atoms with E-state index in [4.69, 9.17) is 44.9 Å². The van der Waals surface area contributed by atoms with Gasteiger partial charge in [0.25, 0.3) is 0 Å². The molecule has 0 bridgehead atoms. The van der Waals surface area contributed by atoms with E-state index in [2.05, 4.69) is 368 Å². The third-order valence-corrected chi connectivity index (χ3v) is 30.4. The lowest BCUT2D eigenvalue weighted by molar-refractivity contribution is 0.662. The predicted molar refractivity (Wildman–Crippen MR) is 594 cm³/mol. The van der Waals surface area contributed by atoms with Gasteiger partial charge in [0.1, 0.15) is 0 Å². The van der Waals surface area contributed by atoms with Gasteiger partial charge in [-0.3, -0.25) is 13.2 Å². The van der Waals surface area contributed by atoms with E-state index in [1.165, 1.54) is 84.9 Å². The minimum Gasteiger partial charge on any atom is -0.276 e. The quantitative estimate of drug-likeness (QED) is 0.117. The Morgan fingerprint density at radius 1 is 0.201 bits per heavy atom. The van der Waals surface area contributed by atoms with Crippen LogP contribution in [-0.2, 0) is 5.41 Å². The molecule has 0 saturated heterocycles. The molecule has 17 heteroatoms. The number of para-hydroxylation sites is 6. The van der Waals surface area contributed by atoms with Crippen LogP contribution in [0.2, 0.25) is 0 Å². The maximum Gasteiger partial charge on any atom is 0.238 e. The first kappa shape index (κ1) is 84.7. The van der Waals surface area contributed by atoms with Gasteiger partial charge >= 0.3 is 0 Å². The zero-order chi connectivity index (χ0) is 94.5. The zero-order valence-electron chi connectivity index (χ0n) is 77.3. The summed E-state index contributed by atoms with van der Waals surface area (Å²) in [6.45, 7) is 4.69. The molecule has 0 saturated carbocycles. The Kier molecular flexibility index (Phi) is 20.1. The van der Waals surface area contributed by atoms with Crippen LogP contribution in [-0.4, -0.2) is 71.8 Å². The largest absolute Gasteiger partial charge is 0.276 e. The number of nitrogens with zero attached hydrogens (tertiary/aromatic N) is 15. The van der Waals surface area contributed by atoms with Crippen molar-refractivity contribution in [1.82, 2.24) is 71.8 Å². The molecule has 0 radical (unpaired) electrons. The number of hydrogen-bond donors (Lipinski definition) is 0. The molecule has 29 aromatic rings. The molecule has 680 valence electrons. The average Bonchev–Trinajstić information content (AvgIpc) is 1.52. The number of rotatable bonds is 12. The summed E-state index contributed by atoms with van der Waals surface area (Å²) in [4.78, 5) is 46.7. The van der Waals surface area contributed by atoms with Gasteiger partial charge in [0.05, 0.1) is 100 Å². The highest BCUT2D eigenvalue weighted by molar-refractivity contribution is 7.26. The van der Waals surface area contributed by atoms with Crippen molar-refractivity contribution in [2.45, 2.75) is 26.7 Å². The topological polar surface area (TPSA) is 144 Å².